The molecule has 0 aliphatic rings. The van der Waals surface area contributed by atoms with Crippen LogP contribution in [0.2, 0.25) is 10.0 Å². The van der Waals surface area contributed by atoms with E-state index in [1.807, 2.05) is 0 Å². The van der Waals surface area contributed by atoms with Gasteiger partial charge in [0.15, 0.2) is 0 Å². The number of aromatic nitrogens is 1. The molecule has 0 saturated heterocycles. The Morgan fingerprint density at radius 1 is 0.971 bits per heavy atom. The highest BCUT2D eigenvalue weighted by Crippen LogP contribution is 2.32. The second-order valence-electron chi connectivity index (χ2n) is 7.14. The van der Waals surface area contributed by atoms with Gasteiger partial charge in [-0.25, -0.2) is 0 Å². The zero-order chi connectivity index (χ0) is 25.4. The fourth-order valence-corrected chi connectivity index (χ4v) is 4.57. The molecule has 1 heterocycles. The van der Waals surface area contributed by atoms with E-state index in [1.54, 1.807) is 6.92 Å². The van der Waals surface area contributed by atoms with Crippen LogP contribution in [0.5, 0.6) is 0 Å². The van der Waals surface area contributed by atoms with E-state index in [0.29, 0.717) is 0 Å². The maximum Gasteiger partial charge on any atom is 0.363 e. The molecule has 1 aromatic heterocycles. The van der Waals surface area contributed by atoms with Gasteiger partial charge in [0, 0.05) is 16.5 Å². The molecule has 0 radical (unpaired) electrons. The van der Waals surface area contributed by atoms with E-state index in [9.17, 15) is 33.4 Å². The molecule has 0 saturated carbocycles. The van der Waals surface area contributed by atoms with Crippen molar-refractivity contribution in [1.82, 2.24) is 4.73 Å². The van der Waals surface area contributed by atoms with E-state index in [2.05, 4.69) is 0 Å². The molecule has 11 nitrogen and oxygen atoms in total. The molecule has 0 aliphatic carbocycles. The van der Waals surface area contributed by atoms with Crippen molar-refractivity contribution < 1.29 is 22.5 Å². The van der Waals surface area contributed by atoms with E-state index < -0.39 is 54.6 Å². The Kier molecular flexibility index (Phi) is 6.96. The molecule has 2 aromatic carbocycles. The zero-order valence-corrected chi connectivity index (χ0v) is 19.8. The zero-order valence-electron chi connectivity index (χ0n) is 17.5. The number of hydrogen-bond donors (Lipinski definition) is 0. The van der Waals surface area contributed by atoms with Gasteiger partial charge in [-0.15, -0.1) is 4.73 Å². The van der Waals surface area contributed by atoms with Crippen LogP contribution in [0.4, 0.5) is 11.4 Å². The summed E-state index contributed by atoms with van der Waals surface area (Å²) >= 11 is 12.0. The van der Waals surface area contributed by atoms with Crippen LogP contribution in [-0.2, 0) is 16.5 Å². The number of pyridine rings is 1. The molecule has 0 aliphatic heterocycles. The quantitative estimate of drug-likeness (QED) is 0.330. The lowest BCUT2D eigenvalue weighted by atomic mass is 10.0. The van der Waals surface area contributed by atoms with E-state index >= 15 is 0 Å². The van der Waals surface area contributed by atoms with Crippen LogP contribution >= 0.6 is 23.2 Å². The fraction of sp³-hybridized carbons (Fsp3) is 0.150. The average molecular weight is 528 g/mol. The van der Waals surface area contributed by atoms with Crippen molar-refractivity contribution in [2.45, 2.75) is 25.2 Å². The van der Waals surface area contributed by atoms with Gasteiger partial charge in [0.1, 0.15) is 16.2 Å². The first-order valence-electron chi connectivity index (χ1n) is 9.36. The molecule has 0 spiro atoms. The summed E-state index contributed by atoms with van der Waals surface area (Å²) in [6.45, 7) is 2.73. The van der Waals surface area contributed by atoms with Gasteiger partial charge in [-0.1, -0.05) is 47.0 Å². The topological polar surface area (TPSA) is 152 Å². The maximum atomic E-state index is 13.0. The van der Waals surface area contributed by atoms with Gasteiger partial charge in [-0.05, 0) is 43.7 Å². The van der Waals surface area contributed by atoms with Gasteiger partial charge < -0.3 is 0 Å². The SMILES string of the molecule is Cc1ccc(S(=O)(=O)On2c(Cc3ccc(Cl)cc3Cl)c([N+](=O)[O-])c(C)c([N+](=O)[O-])c2=O)cc1. The van der Waals surface area contributed by atoms with Crippen LogP contribution in [0.25, 0.3) is 0 Å². The van der Waals surface area contributed by atoms with Gasteiger partial charge in [-0.2, -0.15) is 8.42 Å². The minimum absolute atomic E-state index is 0.0589. The molecular weight excluding hydrogens is 513 g/mol. The minimum Gasteiger partial charge on any atom is -0.280 e. The van der Waals surface area contributed by atoms with Crippen molar-refractivity contribution in [2.75, 3.05) is 0 Å². The van der Waals surface area contributed by atoms with Gasteiger partial charge in [-0.3, -0.25) is 29.3 Å². The molecule has 0 amide bonds. The predicted octanol–water partition coefficient (Wildman–Crippen LogP) is 4.00. The molecule has 34 heavy (non-hydrogen) atoms. The third kappa shape index (κ3) is 4.88. The summed E-state index contributed by atoms with van der Waals surface area (Å²) in [6.07, 6.45) is -0.468. The third-order valence-corrected chi connectivity index (χ3v) is 6.62. The number of nitro groups is 2. The Bertz CT molecular complexity index is 1490. The molecule has 0 fully saturated rings. The normalized spacial score (nSPS) is 11.3. The summed E-state index contributed by atoms with van der Waals surface area (Å²) in [5.41, 5.74) is -3.72. The van der Waals surface area contributed by atoms with Gasteiger partial charge in [0.05, 0.1) is 9.85 Å². The first-order chi connectivity index (χ1) is 15.8. The highest BCUT2D eigenvalue weighted by atomic mass is 35.5. The lowest BCUT2D eigenvalue weighted by Gasteiger charge is -2.15. The number of nitrogens with zero attached hydrogens (tertiary/aromatic N) is 3. The van der Waals surface area contributed by atoms with Crippen molar-refractivity contribution in [1.29, 1.82) is 0 Å². The van der Waals surface area contributed by atoms with Gasteiger partial charge in [0.2, 0.25) is 0 Å². The Balaban J connectivity index is 2.33. The Labute approximate surface area is 202 Å². The van der Waals surface area contributed by atoms with Crippen molar-refractivity contribution in [3.8, 4) is 0 Å². The largest absolute Gasteiger partial charge is 0.363 e. The van der Waals surface area contributed by atoms with E-state index in [-0.39, 0.29) is 25.2 Å². The number of halogens is 2. The maximum absolute atomic E-state index is 13.0. The van der Waals surface area contributed by atoms with Crippen LogP contribution in [0, 0.1) is 34.1 Å². The summed E-state index contributed by atoms with van der Waals surface area (Å²) in [5, 5.41) is 23.8. The van der Waals surface area contributed by atoms with E-state index in [1.165, 1.54) is 42.5 Å². The number of benzene rings is 2. The number of hydrogen-bond acceptors (Lipinski definition) is 8. The van der Waals surface area contributed by atoms with Crippen molar-refractivity contribution in [3.05, 3.63) is 105 Å². The Hall–Kier alpha value is -3.48. The van der Waals surface area contributed by atoms with Crippen molar-refractivity contribution in [3.63, 3.8) is 0 Å². The molecule has 0 atom stereocenters. The summed E-state index contributed by atoms with van der Waals surface area (Å²) < 4.78 is 30.7. The number of rotatable bonds is 7. The van der Waals surface area contributed by atoms with Crippen LogP contribution < -0.4 is 9.84 Å². The first-order valence-corrected chi connectivity index (χ1v) is 11.5. The molecule has 0 N–H and O–H groups in total. The van der Waals surface area contributed by atoms with Crippen molar-refractivity contribution >= 4 is 44.7 Å². The molecule has 3 rings (SSSR count). The Morgan fingerprint density at radius 2 is 1.56 bits per heavy atom. The third-order valence-electron chi connectivity index (χ3n) is 4.84. The summed E-state index contributed by atoms with van der Waals surface area (Å²) in [6, 6.07) is 9.51. The molecular formula is C20H15Cl2N3O8S. The van der Waals surface area contributed by atoms with Crippen LogP contribution in [0.1, 0.15) is 22.4 Å². The summed E-state index contributed by atoms with van der Waals surface area (Å²) in [4.78, 5) is 33.9. The standard InChI is InChI=1S/C20H15Cl2N3O8S/c1-11-3-7-15(8-4-11)34(31,32)33-23-17(9-13-5-6-14(21)10-16(13)22)18(24(27)28)12(2)19(20(23)26)25(29)30/h3-8,10H,9H2,1-2H3. The fourth-order valence-electron chi connectivity index (χ4n) is 3.19. The van der Waals surface area contributed by atoms with Crippen LogP contribution in [0.3, 0.4) is 0 Å². The smallest absolute Gasteiger partial charge is 0.280 e. The minimum atomic E-state index is -4.72. The lowest BCUT2D eigenvalue weighted by Crippen LogP contribution is -2.36. The molecule has 178 valence electrons. The molecule has 3 aromatic rings. The van der Waals surface area contributed by atoms with Crippen molar-refractivity contribution in [2.24, 2.45) is 0 Å². The predicted molar refractivity (Wildman–Crippen MR) is 123 cm³/mol. The summed E-state index contributed by atoms with van der Waals surface area (Å²) in [7, 11) is -4.72. The number of aryl methyl sites for hydroxylation is 1. The lowest BCUT2D eigenvalue weighted by molar-refractivity contribution is -0.397. The van der Waals surface area contributed by atoms with Gasteiger partial charge in [0.25, 0.3) is 0 Å². The highest BCUT2D eigenvalue weighted by Gasteiger charge is 2.36. The molecule has 14 heteroatoms. The van der Waals surface area contributed by atoms with Gasteiger partial charge >= 0.3 is 27.1 Å². The van der Waals surface area contributed by atoms with Crippen LogP contribution in [0.15, 0.2) is 52.2 Å². The molecule has 0 unspecified atom stereocenters. The Morgan fingerprint density at radius 3 is 2.09 bits per heavy atom. The average Bonchev–Trinajstić information content (AvgIpc) is 2.72. The van der Waals surface area contributed by atoms with Crippen LogP contribution in [-0.4, -0.2) is 23.0 Å². The first kappa shape index (κ1) is 25.1. The van der Waals surface area contributed by atoms with E-state index in [4.69, 9.17) is 27.5 Å². The summed E-state index contributed by atoms with van der Waals surface area (Å²) in [5.74, 6) is 0. The monoisotopic (exact) mass is 527 g/mol. The second-order valence-corrected chi connectivity index (χ2v) is 9.51. The van der Waals surface area contributed by atoms with E-state index in [0.717, 1.165) is 12.5 Å². The highest BCUT2D eigenvalue weighted by molar-refractivity contribution is 7.87. The second kappa shape index (κ2) is 9.41. The molecule has 0 bridgehead atoms.